The van der Waals surface area contributed by atoms with Gasteiger partial charge >= 0.3 is 0 Å². The second-order valence-electron chi connectivity index (χ2n) is 9.91. The first kappa shape index (κ1) is 32.1. The fourth-order valence-corrected chi connectivity index (χ4v) is 4.58. The van der Waals surface area contributed by atoms with Crippen molar-refractivity contribution in [2.45, 2.75) is 47.1 Å². The van der Waals surface area contributed by atoms with Crippen LogP contribution in [0.1, 0.15) is 50.0 Å². The molecule has 4 rings (SSSR count). The van der Waals surface area contributed by atoms with E-state index in [9.17, 15) is 9.59 Å². The number of hydrogen-bond acceptors (Lipinski definition) is 6. The van der Waals surface area contributed by atoms with Gasteiger partial charge in [0.25, 0.3) is 0 Å². The molecule has 212 valence electrons. The molecule has 0 unspecified atom stereocenters. The van der Waals surface area contributed by atoms with Crippen molar-refractivity contribution in [3.8, 4) is 5.75 Å². The van der Waals surface area contributed by atoms with Crippen LogP contribution in [0.5, 0.6) is 5.75 Å². The Labute approximate surface area is 242 Å². The molecule has 1 aliphatic heterocycles. The highest BCUT2D eigenvalue weighted by Gasteiger charge is 2.45. The van der Waals surface area contributed by atoms with Crippen LogP contribution >= 0.6 is 24.8 Å². The summed E-state index contributed by atoms with van der Waals surface area (Å²) in [7, 11) is 1.71. The number of rotatable bonds is 10. The molecular weight excluding hydrogens is 539 g/mol. The van der Waals surface area contributed by atoms with Gasteiger partial charge < -0.3 is 24.3 Å². The first-order valence-electron chi connectivity index (χ1n) is 12.8. The molecule has 0 spiro atoms. The third kappa shape index (κ3) is 7.32. The quantitative estimate of drug-likeness (QED) is 0.259. The van der Waals surface area contributed by atoms with E-state index in [0.29, 0.717) is 31.0 Å². The fourth-order valence-electron chi connectivity index (χ4n) is 4.58. The van der Waals surface area contributed by atoms with E-state index in [-0.39, 0.29) is 36.6 Å². The summed E-state index contributed by atoms with van der Waals surface area (Å²) in [5.74, 6) is 2.08. The van der Waals surface area contributed by atoms with Gasteiger partial charge in [0, 0.05) is 44.5 Å². The molecule has 0 radical (unpaired) electrons. The number of fused-ring (bicyclic) bond motifs is 1. The Morgan fingerprint density at radius 1 is 1.03 bits per heavy atom. The summed E-state index contributed by atoms with van der Waals surface area (Å²) in [4.78, 5) is 33.7. The third-order valence-electron chi connectivity index (χ3n) is 6.66. The zero-order chi connectivity index (χ0) is 26.6. The van der Waals surface area contributed by atoms with Crippen LogP contribution in [-0.2, 0) is 22.6 Å². The highest BCUT2D eigenvalue weighted by atomic mass is 35.5. The molecule has 3 heterocycles. The van der Waals surface area contributed by atoms with Crippen LogP contribution in [0.25, 0.3) is 0 Å². The number of benzene rings is 1. The Kier molecular flexibility index (Phi) is 11.4. The lowest BCUT2D eigenvalue weighted by atomic mass is 9.90. The second-order valence-corrected chi connectivity index (χ2v) is 9.91. The van der Waals surface area contributed by atoms with E-state index in [2.05, 4.69) is 16.4 Å². The van der Waals surface area contributed by atoms with Crippen molar-refractivity contribution >= 4 is 48.0 Å². The predicted octanol–water partition coefficient (Wildman–Crippen LogP) is 5.33. The maximum absolute atomic E-state index is 13.0. The normalized spacial score (nSPS) is 14.3. The van der Waals surface area contributed by atoms with Gasteiger partial charge in [0.15, 0.2) is 0 Å². The highest BCUT2D eigenvalue weighted by molar-refractivity contribution is 6.20. The zero-order valence-corrected chi connectivity index (χ0v) is 24.8. The SMILES string of the molecule is CCN1C(=O)C(C)(C)C(=O)N(C)c2cc(OCCCNCc3ccnc(Cc4ccc(C)o4)c3)ccc21.Cl.Cl. The Bertz CT molecular complexity index is 1280. The lowest BCUT2D eigenvalue weighted by Gasteiger charge is -2.27. The molecule has 1 N–H and O–H groups in total. The molecule has 0 saturated carbocycles. The zero-order valence-electron chi connectivity index (χ0n) is 23.2. The number of pyridine rings is 1. The molecule has 10 heteroatoms. The van der Waals surface area contributed by atoms with Gasteiger partial charge in [0.05, 0.1) is 18.0 Å². The van der Waals surface area contributed by atoms with E-state index in [1.807, 2.05) is 56.4 Å². The number of aromatic nitrogens is 1. The average Bonchev–Trinajstić information content (AvgIpc) is 3.28. The molecule has 1 aliphatic rings. The van der Waals surface area contributed by atoms with Gasteiger partial charge in [-0.2, -0.15) is 0 Å². The number of aryl methyl sites for hydroxylation is 1. The van der Waals surface area contributed by atoms with Crippen molar-refractivity contribution in [1.82, 2.24) is 10.3 Å². The molecule has 3 aromatic rings. The van der Waals surface area contributed by atoms with Crippen molar-refractivity contribution in [2.75, 3.05) is 36.5 Å². The van der Waals surface area contributed by atoms with Gasteiger partial charge in [0.1, 0.15) is 22.7 Å². The maximum Gasteiger partial charge on any atom is 0.242 e. The standard InChI is InChI=1S/C29H36N4O4.2ClH/c1-6-33-25-11-10-23(18-26(25)32(5)27(34)29(3,4)28(33)35)36-15-7-13-30-19-21-12-14-31-22(16-21)17-24-9-8-20(2)37-24;;/h8-12,14,16,18,30H,6-7,13,15,17,19H2,1-5H3;2*1H. The van der Waals surface area contributed by atoms with Crippen molar-refractivity contribution in [1.29, 1.82) is 0 Å². The van der Waals surface area contributed by atoms with Crippen LogP contribution in [0.4, 0.5) is 11.4 Å². The lowest BCUT2D eigenvalue weighted by Crippen LogP contribution is -2.47. The summed E-state index contributed by atoms with van der Waals surface area (Å²) in [5, 5.41) is 3.45. The van der Waals surface area contributed by atoms with Crippen LogP contribution in [-0.4, -0.2) is 43.5 Å². The third-order valence-corrected chi connectivity index (χ3v) is 6.66. The number of halogens is 2. The molecule has 1 aromatic carbocycles. The number of carbonyl (C=O) groups excluding carboxylic acids is 2. The van der Waals surface area contributed by atoms with E-state index >= 15 is 0 Å². The number of hydrogen-bond donors (Lipinski definition) is 1. The Balaban J connectivity index is 0.00000267. The van der Waals surface area contributed by atoms with Gasteiger partial charge in [-0.15, -0.1) is 24.8 Å². The summed E-state index contributed by atoms with van der Waals surface area (Å²) in [5.41, 5.74) is 2.44. The van der Waals surface area contributed by atoms with Gasteiger partial charge in [-0.1, -0.05) is 0 Å². The molecule has 2 aromatic heterocycles. The summed E-state index contributed by atoms with van der Waals surface area (Å²) >= 11 is 0. The number of amides is 2. The molecule has 0 aliphatic carbocycles. The monoisotopic (exact) mass is 576 g/mol. The summed E-state index contributed by atoms with van der Waals surface area (Å²) in [6, 6.07) is 13.6. The molecule has 0 bridgehead atoms. The molecule has 2 amide bonds. The first-order valence-corrected chi connectivity index (χ1v) is 12.8. The van der Waals surface area contributed by atoms with Crippen molar-refractivity contribution in [2.24, 2.45) is 5.41 Å². The molecule has 39 heavy (non-hydrogen) atoms. The van der Waals surface area contributed by atoms with Gasteiger partial charge in [0.2, 0.25) is 11.8 Å². The van der Waals surface area contributed by atoms with E-state index in [1.165, 1.54) is 5.56 Å². The number of nitrogens with one attached hydrogen (secondary N) is 1. The van der Waals surface area contributed by atoms with E-state index in [4.69, 9.17) is 9.15 Å². The highest BCUT2D eigenvalue weighted by Crippen LogP contribution is 2.40. The number of nitrogens with zero attached hydrogens (tertiary/aromatic N) is 3. The van der Waals surface area contributed by atoms with Crippen LogP contribution < -0.4 is 19.9 Å². The minimum absolute atomic E-state index is 0. The Hall–Kier alpha value is -3.07. The van der Waals surface area contributed by atoms with Crippen LogP contribution in [0.2, 0.25) is 0 Å². The number of furan rings is 1. The van der Waals surface area contributed by atoms with Gasteiger partial charge in [-0.25, -0.2) is 0 Å². The van der Waals surface area contributed by atoms with Crippen LogP contribution in [0.3, 0.4) is 0 Å². The molecule has 8 nitrogen and oxygen atoms in total. The molecular formula is C29H38Cl2N4O4. The van der Waals surface area contributed by atoms with Gasteiger partial charge in [-0.05, 0) is 82.6 Å². The number of anilines is 2. The van der Waals surface area contributed by atoms with Crippen molar-refractivity contribution < 1.29 is 18.7 Å². The fraction of sp³-hybridized carbons (Fsp3) is 0.414. The smallest absolute Gasteiger partial charge is 0.242 e. The Morgan fingerprint density at radius 2 is 1.79 bits per heavy atom. The maximum atomic E-state index is 13.0. The molecule has 0 fully saturated rings. The molecule has 0 saturated heterocycles. The number of ether oxygens (including phenoxy) is 1. The van der Waals surface area contributed by atoms with Crippen molar-refractivity contribution in [3.05, 3.63) is 71.4 Å². The van der Waals surface area contributed by atoms with Crippen LogP contribution in [0, 0.1) is 12.3 Å². The minimum atomic E-state index is -1.12. The van der Waals surface area contributed by atoms with Crippen molar-refractivity contribution in [3.63, 3.8) is 0 Å². The lowest BCUT2D eigenvalue weighted by molar-refractivity contribution is -0.137. The van der Waals surface area contributed by atoms with E-state index in [0.717, 1.165) is 42.4 Å². The molecule has 0 atom stereocenters. The largest absolute Gasteiger partial charge is 0.493 e. The summed E-state index contributed by atoms with van der Waals surface area (Å²) in [6.45, 7) is 9.78. The predicted molar refractivity (Wildman–Crippen MR) is 158 cm³/mol. The van der Waals surface area contributed by atoms with Crippen LogP contribution in [0.15, 0.2) is 53.1 Å². The first-order chi connectivity index (χ1) is 17.7. The summed E-state index contributed by atoms with van der Waals surface area (Å²) in [6.07, 6.45) is 3.33. The van der Waals surface area contributed by atoms with E-state index < -0.39 is 5.41 Å². The Morgan fingerprint density at radius 3 is 2.49 bits per heavy atom. The number of carbonyl (C=O) groups is 2. The average molecular weight is 578 g/mol. The topological polar surface area (TPSA) is 87.9 Å². The minimum Gasteiger partial charge on any atom is -0.493 e. The van der Waals surface area contributed by atoms with E-state index in [1.54, 1.807) is 30.7 Å². The van der Waals surface area contributed by atoms with Gasteiger partial charge in [-0.3, -0.25) is 14.6 Å². The summed E-state index contributed by atoms with van der Waals surface area (Å²) < 4.78 is 11.6. The second kappa shape index (κ2) is 13.8.